The zero-order chi connectivity index (χ0) is 15.1. The summed E-state index contributed by atoms with van der Waals surface area (Å²) >= 11 is 0. The van der Waals surface area contributed by atoms with Crippen LogP contribution in [0.1, 0.15) is 64.0 Å². The summed E-state index contributed by atoms with van der Waals surface area (Å²) in [6.07, 6.45) is 6.90. The second-order valence-electron chi connectivity index (χ2n) is 7.39. The van der Waals surface area contributed by atoms with Crippen molar-refractivity contribution in [2.75, 3.05) is 6.61 Å². The molecule has 118 valence electrons. The van der Waals surface area contributed by atoms with E-state index < -0.39 is 0 Å². The fourth-order valence-corrected chi connectivity index (χ4v) is 2.92. The molecule has 1 aliphatic rings. The van der Waals surface area contributed by atoms with Crippen molar-refractivity contribution in [2.45, 2.75) is 71.6 Å². The molecule has 0 saturated heterocycles. The van der Waals surface area contributed by atoms with Crippen molar-refractivity contribution in [3.05, 3.63) is 35.4 Å². The van der Waals surface area contributed by atoms with Crippen LogP contribution in [0.15, 0.2) is 24.3 Å². The smallest absolute Gasteiger partial charge is 0.0720 e. The maximum absolute atomic E-state index is 6.00. The Morgan fingerprint density at radius 2 is 1.71 bits per heavy atom. The average Bonchev–Trinajstić information content (AvgIpc) is 2.46. The maximum Gasteiger partial charge on any atom is 0.0720 e. The van der Waals surface area contributed by atoms with E-state index in [1.165, 1.54) is 43.2 Å². The molecule has 2 nitrogen and oxygen atoms in total. The number of benzene rings is 1. The third kappa shape index (κ3) is 6.19. The van der Waals surface area contributed by atoms with Crippen molar-refractivity contribution in [1.29, 1.82) is 0 Å². The van der Waals surface area contributed by atoms with Gasteiger partial charge >= 0.3 is 0 Å². The topological polar surface area (TPSA) is 21.3 Å². The standard InChI is InChI=1S/C19H31NO/c1-19(2,3)20-13-17-11-7-8-12-18(17)15-21-14-16-9-5-4-6-10-16/h7-8,11-12,16,20H,4-6,9-10,13-15H2,1-3H3. The highest BCUT2D eigenvalue weighted by molar-refractivity contribution is 5.26. The monoisotopic (exact) mass is 289 g/mol. The van der Waals surface area contributed by atoms with Crippen LogP contribution >= 0.6 is 0 Å². The molecule has 0 unspecified atom stereocenters. The molecule has 1 saturated carbocycles. The van der Waals surface area contributed by atoms with Gasteiger partial charge in [-0.25, -0.2) is 0 Å². The molecule has 0 radical (unpaired) electrons. The van der Waals surface area contributed by atoms with Gasteiger partial charge in [-0.05, 0) is 50.7 Å². The third-order valence-corrected chi connectivity index (χ3v) is 4.26. The molecular weight excluding hydrogens is 258 g/mol. The summed E-state index contributed by atoms with van der Waals surface area (Å²) in [5.41, 5.74) is 2.83. The van der Waals surface area contributed by atoms with E-state index in [0.29, 0.717) is 0 Å². The second kappa shape index (κ2) is 7.95. The van der Waals surface area contributed by atoms with Crippen molar-refractivity contribution in [3.8, 4) is 0 Å². The van der Waals surface area contributed by atoms with Crippen LogP contribution in [0.4, 0.5) is 0 Å². The fourth-order valence-electron chi connectivity index (χ4n) is 2.92. The van der Waals surface area contributed by atoms with Gasteiger partial charge in [0.05, 0.1) is 6.61 Å². The van der Waals surface area contributed by atoms with Crippen LogP contribution < -0.4 is 5.32 Å². The Balaban J connectivity index is 1.81. The Bertz CT molecular complexity index is 416. The maximum atomic E-state index is 6.00. The first-order valence-corrected chi connectivity index (χ1v) is 8.44. The lowest BCUT2D eigenvalue weighted by Crippen LogP contribution is -2.35. The van der Waals surface area contributed by atoms with E-state index in [9.17, 15) is 0 Å². The van der Waals surface area contributed by atoms with E-state index in [-0.39, 0.29) is 5.54 Å². The lowest BCUT2D eigenvalue weighted by Gasteiger charge is -2.23. The first-order chi connectivity index (χ1) is 10.0. The van der Waals surface area contributed by atoms with Gasteiger partial charge in [0, 0.05) is 18.7 Å². The van der Waals surface area contributed by atoms with Crippen LogP contribution in [0.3, 0.4) is 0 Å². The minimum absolute atomic E-state index is 0.149. The molecule has 0 aliphatic heterocycles. The van der Waals surface area contributed by atoms with Gasteiger partial charge in [0.25, 0.3) is 0 Å². The summed E-state index contributed by atoms with van der Waals surface area (Å²) in [5.74, 6) is 0.790. The van der Waals surface area contributed by atoms with Crippen LogP contribution in [-0.2, 0) is 17.9 Å². The predicted molar refractivity (Wildman–Crippen MR) is 89.3 cm³/mol. The molecule has 1 fully saturated rings. The SMILES string of the molecule is CC(C)(C)NCc1ccccc1COCC1CCCCC1. The Morgan fingerprint density at radius 3 is 2.38 bits per heavy atom. The van der Waals surface area contributed by atoms with E-state index in [0.717, 1.165) is 25.7 Å². The zero-order valence-electron chi connectivity index (χ0n) is 14.0. The van der Waals surface area contributed by atoms with Gasteiger partial charge < -0.3 is 10.1 Å². The molecule has 21 heavy (non-hydrogen) atoms. The van der Waals surface area contributed by atoms with Crippen LogP contribution in [0.2, 0.25) is 0 Å². The van der Waals surface area contributed by atoms with E-state index >= 15 is 0 Å². The van der Waals surface area contributed by atoms with Gasteiger partial charge in [0.15, 0.2) is 0 Å². The second-order valence-corrected chi connectivity index (χ2v) is 7.39. The summed E-state index contributed by atoms with van der Waals surface area (Å²) < 4.78 is 6.00. The van der Waals surface area contributed by atoms with Crippen molar-refractivity contribution in [2.24, 2.45) is 5.92 Å². The Labute approximate surface area is 130 Å². The Hall–Kier alpha value is -0.860. The van der Waals surface area contributed by atoms with Crippen LogP contribution in [0.25, 0.3) is 0 Å². The van der Waals surface area contributed by atoms with Gasteiger partial charge in [-0.3, -0.25) is 0 Å². The summed E-state index contributed by atoms with van der Waals surface area (Å²) in [4.78, 5) is 0. The number of nitrogens with one attached hydrogen (secondary N) is 1. The number of hydrogen-bond acceptors (Lipinski definition) is 2. The summed E-state index contributed by atoms with van der Waals surface area (Å²) in [7, 11) is 0. The molecule has 0 atom stereocenters. The number of hydrogen-bond donors (Lipinski definition) is 1. The highest BCUT2D eigenvalue weighted by atomic mass is 16.5. The van der Waals surface area contributed by atoms with E-state index in [2.05, 4.69) is 50.4 Å². The molecule has 1 aromatic rings. The molecular formula is C19H31NO. The largest absolute Gasteiger partial charge is 0.376 e. The first kappa shape index (κ1) is 16.5. The third-order valence-electron chi connectivity index (χ3n) is 4.26. The fraction of sp³-hybridized carbons (Fsp3) is 0.684. The Morgan fingerprint density at radius 1 is 1.05 bits per heavy atom. The molecule has 2 heteroatoms. The molecule has 1 N–H and O–H groups in total. The van der Waals surface area contributed by atoms with Crippen LogP contribution in [0.5, 0.6) is 0 Å². The van der Waals surface area contributed by atoms with Crippen LogP contribution in [0, 0.1) is 5.92 Å². The summed E-state index contributed by atoms with van der Waals surface area (Å²) in [5, 5.41) is 3.56. The molecule has 1 aliphatic carbocycles. The molecule has 0 heterocycles. The first-order valence-electron chi connectivity index (χ1n) is 8.44. The quantitative estimate of drug-likeness (QED) is 0.821. The van der Waals surface area contributed by atoms with Gasteiger partial charge in [0.2, 0.25) is 0 Å². The average molecular weight is 289 g/mol. The molecule has 0 bridgehead atoms. The van der Waals surface area contributed by atoms with Crippen molar-refractivity contribution in [3.63, 3.8) is 0 Å². The molecule has 2 rings (SSSR count). The normalized spacial score (nSPS) is 17.1. The van der Waals surface area contributed by atoms with E-state index in [1.807, 2.05) is 0 Å². The van der Waals surface area contributed by atoms with Crippen LogP contribution in [-0.4, -0.2) is 12.1 Å². The summed E-state index contributed by atoms with van der Waals surface area (Å²) in [6.45, 7) is 9.20. The minimum atomic E-state index is 0.149. The molecule has 0 spiro atoms. The van der Waals surface area contributed by atoms with Crippen molar-refractivity contribution >= 4 is 0 Å². The summed E-state index contributed by atoms with van der Waals surface area (Å²) in [6, 6.07) is 8.63. The van der Waals surface area contributed by atoms with Crippen molar-refractivity contribution < 1.29 is 4.74 Å². The number of ether oxygens (including phenoxy) is 1. The van der Waals surface area contributed by atoms with Crippen molar-refractivity contribution in [1.82, 2.24) is 5.32 Å². The van der Waals surface area contributed by atoms with Gasteiger partial charge in [-0.1, -0.05) is 43.5 Å². The molecule has 1 aromatic carbocycles. The highest BCUT2D eigenvalue weighted by Gasteiger charge is 2.14. The van der Waals surface area contributed by atoms with E-state index in [1.54, 1.807) is 0 Å². The Kier molecular flexibility index (Phi) is 6.25. The lowest BCUT2D eigenvalue weighted by molar-refractivity contribution is 0.0734. The minimum Gasteiger partial charge on any atom is -0.376 e. The van der Waals surface area contributed by atoms with Gasteiger partial charge in [-0.2, -0.15) is 0 Å². The molecule has 0 amide bonds. The molecule has 0 aromatic heterocycles. The zero-order valence-corrected chi connectivity index (χ0v) is 14.0. The van der Waals surface area contributed by atoms with E-state index in [4.69, 9.17) is 4.74 Å². The van der Waals surface area contributed by atoms with Gasteiger partial charge in [-0.15, -0.1) is 0 Å². The highest BCUT2D eigenvalue weighted by Crippen LogP contribution is 2.24. The van der Waals surface area contributed by atoms with Gasteiger partial charge in [0.1, 0.15) is 0 Å². The predicted octanol–water partition coefficient (Wildman–Crippen LogP) is 4.67. The lowest BCUT2D eigenvalue weighted by atomic mass is 9.90. The number of rotatable bonds is 6.